The molecule has 4 rings (SSSR count). The van der Waals surface area contributed by atoms with E-state index in [2.05, 4.69) is 55.9 Å². The Morgan fingerprint density at radius 2 is 1.90 bits per heavy atom. The summed E-state index contributed by atoms with van der Waals surface area (Å²) in [7, 11) is 2.15. The van der Waals surface area contributed by atoms with Crippen molar-refractivity contribution in [2.24, 2.45) is 0 Å². The number of allylic oxidation sites excluding steroid dienone is 1. The molecular weight excluding hydrogens is 366 g/mol. The van der Waals surface area contributed by atoms with Gasteiger partial charge in [-0.1, -0.05) is 6.08 Å². The topological polar surface area (TPSA) is 79.2 Å². The number of fused-ring (bicyclic) bond motifs is 1. The van der Waals surface area contributed by atoms with Crippen molar-refractivity contribution in [1.29, 1.82) is 0 Å². The molecule has 0 atom stereocenters. The van der Waals surface area contributed by atoms with E-state index < -0.39 is 0 Å². The highest BCUT2D eigenvalue weighted by Crippen LogP contribution is 2.21. The summed E-state index contributed by atoms with van der Waals surface area (Å²) in [4.78, 5) is 26.1. The average molecular weight is 391 g/mol. The van der Waals surface area contributed by atoms with E-state index in [1.807, 2.05) is 19.1 Å². The lowest BCUT2D eigenvalue weighted by atomic mass is 10.2. The third-order valence-corrected chi connectivity index (χ3v) is 5.16. The maximum atomic E-state index is 12.5. The Morgan fingerprint density at radius 3 is 2.59 bits per heavy atom. The van der Waals surface area contributed by atoms with Crippen molar-refractivity contribution in [1.82, 2.24) is 24.6 Å². The van der Waals surface area contributed by atoms with Gasteiger partial charge in [0, 0.05) is 43.8 Å². The standard InChI is InChI=1S/C21H25N7O/c1-4-9-28-20(29)18-14-22-21(24-19(18)15(2)25-28)23-16-5-7-17(8-6-16)27-12-10-26(3)11-13-27/h4-8,14H,1,9-13H2,2-3H3,(H,22,23,24). The van der Waals surface area contributed by atoms with E-state index in [-0.39, 0.29) is 5.56 Å². The molecule has 1 aliphatic rings. The van der Waals surface area contributed by atoms with Crippen molar-refractivity contribution in [3.05, 3.63) is 59.2 Å². The molecule has 0 saturated carbocycles. The van der Waals surface area contributed by atoms with Crippen LogP contribution in [0.1, 0.15) is 5.69 Å². The minimum absolute atomic E-state index is 0.214. The molecule has 0 amide bonds. The Morgan fingerprint density at radius 1 is 1.17 bits per heavy atom. The van der Waals surface area contributed by atoms with E-state index in [9.17, 15) is 4.79 Å². The van der Waals surface area contributed by atoms with Crippen molar-refractivity contribution < 1.29 is 0 Å². The second kappa shape index (κ2) is 8.00. The normalized spacial score (nSPS) is 14.9. The Hall–Kier alpha value is -3.26. The van der Waals surface area contributed by atoms with Gasteiger partial charge in [-0.3, -0.25) is 4.79 Å². The number of likely N-dealkylation sites (N-methyl/N-ethyl adjacent to an activating group) is 1. The molecule has 150 valence electrons. The van der Waals surface area contributed by atoms with Gasteiger partial charge in [-0.05, 0) is 38.2 Å². The smallest absolute Gasteiger partial charge is 0.278 e. The first-order valence-corrected chi connectivity index (χ1v) is 9.71. The largest absolute Gasteiger partial charge is 0.369 e. The minimum Gasteiger partial charge on any atom is -0.369 e. The zero-order valence-electron chi connectivity index (χ0n) is 16.8. The van der Waals surface area contributed by atoms with E-state index in [1.54, 1.807) is 12.3 Å². The summed E-state index contributed by atoms with van der Waals surface area (Å²) in [5, 5.41) is 7.99. The van der Waals surface area contributed by atoms with Gasteiger partial charge in [0.1, 0.15) is 5.52 Å². The molecule has 0 unspecified atom stereocenters. The molecule has 1 aromatic carbocycles. The number of hydrogen-bond acceptors (Lipinski definition) is 7. The van der Waals surface area contributed by atoms with Gasteiger partial charge in [0.25, 0.3) is 5.56 Å². The van der Waals surface area contributed by atoms with Crippen LogP contribution in [0.2, 0.25) is 0 Å². The van der Waals surface area contributed by atoms with Crippen LogP contribution in [0.5, 0.6) is 0 Å². The van der Waals surface area contributed by atoms with Gasteiger partial charge in [0.05, 0.1) is 17.6 Å². The van der Waals surface area contributed by atoms with Crippen LogP contribution in [0.4, 0.5) is 17.3 Å². The summed E-state index contributed by atoms with van der Waals surface area (Å²) >= 11 is 0. The van der Waals surface area contributed by atoms with Crippen LogP contribution in [-0.2, 0) is 6.54 Å². The first kappa shape index (κ1) is 19.1. The summed E-state index contributed by atoms with van der Waals surface area (Å²) in [6, 6.07) is 8.26. The number of nitrogens with one attached hydrogen (secondary N) is 1. The van der Waals surface area contributed by atoms with Gasteiger partial charge in [0.15, 0.2) is 0 Å². The number of rotatable bonds is 5. The van der Waals surface area contributed by atoms with E-state index in [1.165, 1.54) is 10.4 Å². The molecule has 29 heavy (non-hydrogen) atoms. The van der Waals surface area contributed by atoms with Crippen molar-refractivity contribution >= 4 is 28.2 Å². The molecule has 3 heterocycles. The lowest BCUT2D eigenvalue weighted by molar-refractivity contribution is 0.313. The van der Waals surface area contributed by atoms with Crippen molar-refractivity contribution in [2.45, 2.75) is 13.5 Å². The highest BCUT2D eigenvalue weighted by atomic mass is 16.1. The maximum absolute atomic E-state index is 12.5. The molecule has 1 saturated heterocycles. The molecule has 1 N–H and O–H groups in total. The quantitative estimate of drug-likeness (QED) is 0.668. The zero-order valence-corrected chi connectivity index (χ0v) is 16.8. The molecule has 1 fully saturated rings. The molecule has 0 radical (unpaired) electrons. The minimum atomic E-state index is -0.214. The van der Waals surface area contributed by atoms with E-state index >= 15 is 0 Å². The van der Waals surface area contributed by atoms with Crippen molar-refractivity contribution in [3.63, 3.8) is 0 Å². The maximum Gasteiger partial charge on any atom is 0.278 e. The van der Waals surface area contributed by atoms with Crippen molar-refractivity contribution in [3.8, 4) is 0 Å². The van der Waals surface area contributed by atoms with Gasteiger partial charge in [-0.25, -0.2) is 14.6 Å². The van der Waals surface area contributed by atoms with E-state index in [4.69, 9.17) is 0 Å². The number of piperazine rings is 1. The number of hydrogen-bond donors (Lipinski definition) is 1. The number of anilines is 3. The third-order valence-electron chi connectivity index (χ3n) is 5.16. The van der Waals surface area contributed by atoms with Gasteiger partial charge < -0.3 is 15.1 Å². The number of nitrogens with zero attached hydrogens (tertiary/aromatic N) is 6. The molecule has 8 nitrogen and oxygen atoms in total. The SMILES string of the molecule is C=CCn1nc(C)c2nc(Nc3ccc(N4CCN(C)CC4)cc3)ncc2c1=O. The van der Waals surface area contributed by atoms with Crippen LogP contribution in [0.25, 0.3) is 10.9 Å². The molecule has 1 aliphatic heterocycles. The highest BCUT2D eigenvalue weighted by molar-refractivity contribution is 5.80. The first-order valence-electron chi connectivity index (χ1n) is 9.71. The van der Waals surface area contributed by atoms with Gasteiger partial charge in [0.2, 0.25) is 5.95 Å². The van der Waals surface area contributed by atoms with Gasteiger partial charge in [-0.2, -0.15) is 5.10 Å². The predicted molar refractivity (Wildman–Crippen MR) is 116 cm³/mol. The van der Waals surface area contributed by atoms with E-state index in [0.29, 0.717) is 29.1 Å². The second-order valence-corrected chi connectivity index (χ2v) is 7.28. The van der Waals surface area contributed by atoms with Crippen LogP contribution in [0.3, 0.4) is 0 Å². The van der Waals surface area contributed by atoms with Crippen molar-refractivity contribution in [2.75, 3.05) is 43.4 Å². The fourth-order valence-corrected chi connectivity index (χ4v) is 3.48. The molecule has 0 bridgehead atoms. The van der Waals surface area contributed by atoms with Gasteiger partial charge in [-0.15, -0.1) is 6.58 Å². The molecule has 2 aromatic heterocycles. The lowest BCUT2D eigenvalue weighted by Gasteiger charge is -2.34. The van der Waals surface area contributed by atoms with Gasteiger partial charge >= 0.3 is 0 Å². The summed E-state index contributed by atoms with van der Waals surface area (Å²) in [5.74, 6) is 0.440. The fraction of sp³-hybridized carbons (Fsp3) is 0.333. The average Bonchev–Trinajstić information content (AvgIpc) is 2.73. The first-order chi connectivity index (χ1) is 14.0. The molecule has 8 heteroatoms. The fourth-order valence-electron chi connectivity index (χ4n) is 3.48. The number of benzene rings is 1. The number of aryl methyl sites for hydroxylation is 1. The van der Waals surface area contributed by atoms with Crippen LogP contribution in [0, 0.1) is 6.92 Å². The highest BCUT2D eigenvalue weighted by Gasteiger charge is 2.14. The molecular formula is C21H25N7O. The van der Waals surface area contributed by atoms with Crippen LogP contribution < -0.4 is 15.8 Å². The van der Waals surface area contributed by atoms with E-state index in [0.717, 1.165) is 31.9 Å². The Labute approximate surface area is 169 Å². The monoisotopic (exact) mass is 391 g/mol. The predicted octanol–water partition coefficient (Wildman–Crippen LogP) is 2.18. The van der Waals surface area contributed by atoms with Crippen LogP contribution in [-0.4, -0.2) is 57.9 Å². The Bertz CT molecular complexity index is 1080. The van der Waals surface area contributed by atoms with Crippen LogP contribution >= 0.6 is 0 Å². The molecule has 0 spiro atoms. The third kappa shape index (κ3) is 3.97. The molecule has 0 aliphatic carbocycles. The lowest BCUT2D eigenvalue weighted by Crippen LogP contribution is -2.44. The molecule has 3 aromatic rings. The Kier molecular flexibility index (Phi) is 5.26. The summed E-state index contributed by atoms with van der Waals surface area (Å²) in [5.41, 5.74) is 3.13. The Balaban J connectivity index is 1.55. The van der Waals surface area contributed by atoms with Crippen LogP contribution in [0.15, 0.2) is 47.9 Å². The summed E-state index contributed by atoms with van der Waals surface area (Å²) in [6.07, 6.45) is 3.20. The summed E-state index contributed by atoms with van der Waals surface area (Å²) in [6.45, 7) is 10.1. The second-order valence-electron chi connectivity index (χ2n) is 7.28. The summed E-state index contributed by atoms with van der Waals surface area (Å²) < 4.78 is 1.37. The number of aromatic nitrogens is 4. The zero-order chi connectivity index (χ0) is 20.4.